The first-order chi connectivity index (χ1) is 16.3. The van der Waals surface area contributed by atoms with E-state index >= 15 is 0 Å². The highest BCUT2D eigenvalue weighted by Crippen LogP contribution is 2.43. The summed E-state index contributed by atoms with van der Waals surface area (Å²) >= 11 is 0. The van der Waals surface area contributed by atoms with Crippen molar-refractivity contribution in [1.82, 2.24) is 19.8 Å². The van der Waals surface area contributed by atoms with E-state index in [-0.39, 0.29) is 28.2 Å². The number of alkyl halides is 2. The van der Waals surface area contributed by atoms with Crippen molar-refractivity contribution in [3.05, 3.63) is 41.3 Å². The molecule has 0 spiro atoms. The molecule has 0 bridgehead atoms. The van der Waals surface area contributed by atoms with E-state index in [1.54, 1.807) is 0 Å². The molecule has 9 nitrogen and oxygen atoms in total. The van der Waals surface area contributed by atoms with Crippen molar-refractivity contribution in [3.8, 4) is 11.3 Å². The van der Waals surface area contributed by atoms with E-state index < -0.39 is 70.2 Å². The van der Waals surface area contributed by atoms with Gasteiger partial charge in [-0.3, -0.25) is 9.88 Å². The fourth-order valence-corrected chi connectivity index (χ4v) is 5.23. The minimum Gasteiger partial charge on any atom is -0.354 e. The Labute approximate surface area is 194 Å². The molecule has 2 atom stereocenters. The molecule has 0 unspecified atom stereocenters. The van der Waals surface area contributed by atoms with Crippen molar-refractivity contribution in [2.24, 2.45) is 0 Å². The lowest BCUT2D eigenvalue weighted by molar-refractivity contribution is -0.0324. The van der Waals surface area contributed by atoms with Crippen LogP contribution in [0.5, 0.6) is 0 Å². The number of pyridine rings is 1. The van der Waals surface area contributed by atoms with Crippen LogP contribution in [-0.4, -0.2) is 66.8 Å². The molecule has 35 heavy (non-hydrogen) atoms. The first kappa shape index (κ1) is 23.4. The third kappa shape index (κ3) is 3.69. The number of aryl methyl sites for hydroxylation is 1. The molecule has 4 heterocycles. The molecule has 1 aromatic carbocycles. The normalized spacial score (nSPS) is 21.9. The zero-order chi connectivity index (χ0) is 25.4. The van der Waals surface area contributed by atoms with Crippen LogP contribution in [0.3, 0.4) is 0 Å². The van der Waals surface area contributed by atoms with Crippen molar-refractivity contribution in [2.45, 2.75) is 24.9 Å². The van der Waals surface area contributed by atoms with Gasteiger partial charge in [0.05, 0.1) is 29.4 Å². The summed E-state index contributed by atoms with van der Waals surface area (Å²) in [6.07, 6.45) is 0.729. The standard InChI is InChI=1S/C20H16F5N5O4S/c1-8-3-12-16(17(26-8)15-10(22)4-9(21)5-11(15)23)18(27-34-12)30-7-14-20(24,25)13(28-35(2,32)33)6-29(14)19(30)31/h3-5,13-14,28H,6-7H2,1-2H3/t13-,14-/m1/s1. The van der Waals surface area contributed by atoms with Crippen molar-refractivity contribution in [1.29, 1.82) is 0 Å². The Morgan fingerprint density at radius 2 is 1.80 bits per heavy atom. The van der Waals surface area contributed by atoms with Gasteiger partial charge in [0.2, 0.25) is 10.0 Å². The molecular formula is C20H16F5N5O4S. The van der Waals surface area contributed by atoms with E-state index in [9.17, 15) is 35.2 Å². The Hall–Kier alpha value is -3.33. The SMILES string of the molecule is Cc1cc2onc(N3C[C@H]4N(C[C@@H](NS(C)(=O)=O)C4(F)F)C3=O)c2c(-c2c(F)cc(F)cc2F)n1. The van der Waals surface area contributed by atoms with Gasteiger partial charge in [0, 0.05) is 30.4 Å². The number of benzene rings is 1. The molecule has 2 aliphatic heterocycles. The third-order valence-electron chi connectivity index (χ3n) is 5.92. The summed E-state index contributed by atoms with van der Waals surface area (Å²) in [6, 6.07) is -2.19. The quantitative estimate of drug-likeness (QED) is 0.534. The number of carbonyl (C=O) groups excluding carboxylic acids is 1. The highest BCUT2D eigenvalue weighted by atomic mass is 32.2. The van der Waals surface area contributed by atoms with Crippen LogP contribution in [0.2, 0.25) is 0 Å². The lowest BCUT2D eigenvalue weighted by Crippen LogP contribution is -2.50. The largest absolute Gasteiger partial charge is 0.354 e. The zero-order valence-corrected chi connectivity index (χ0v) is 18.8. The lowest BCUT2D eigenvalue weighted by Gasteiger charge is -2.23. The predicted octanol–water partition coefficient (Wildman–Crippen LogP) is 2.79. The molecule has 0 aliphatic carbocycles. The molecule has 5 rings (SSSR count). The summed E-state index contributed by atoms with van der Waals surface area (Å²) in [4.78, 5) is 18.8. The number of aromatic nitrogens is 2. The first-order valence-corrected chi connectivity index (χ1v) is 12.0. The number of amides is 2. The van der Waals surface area contributed by atoms with Gasteiger partial charge in [-0.05, 0) is 6.92 Å². The van der Waals surface area contributed by atoms with Crippen molar-refractivity contribution >= 4 is 32.8 Å². The average molecular weight is 517 g/mol. The first-order valence-electron chi connectivity index (χ1n) is 10.1. The number of rotatable bonds is 4. The summed E-state index contributed by atoms with van der Waals surface area (Å²) in [5.41, 5.74) is -0.837. The molecule has 0 saturated carbocycles. The number of nitrogens with zero attached hydrogens (tertiary/aromatic N) is 4. The monoisotopic (exact) mass is 517 g/mol. The summed E-state index contributed by atoms with van der Waals surface area (Å²) in [5.74, 6) is -7.64. The van der Waals surface area contributed by atoms with Crippen LogP contribution in [-0.2, 0) is 10.0 Å². The number of nitrogens with one attached hydrogen (secondary N) is 1. The number of hydrogen-bond donors (Lipinski definition) is 1. The Bertz CT molecular complexity index is 1470. The number of carbonyl (C=O) groups is 1. The molecular weight excluding hydrogens is 501 g/mol. The molecule has 15 heteroatoms. The number of anilines is 1. The molecule has 2 amide bonds. The summed E-state index contributed by atoms with van der Waals surface area (Å²) < 4.78 is 103. The van der Waals surface area contributed by atoms with Gasteiger partial charge in [0.25, 0.3) is 5.92 Å². The van der Waals surface area contributed by atoms with Crippen molar-refractivity contribution < 1.29 is 39.7 Å². The molecule has 3 aromatic rings. The Morgan fingerprint density at radius 3 is 2.40 bits per heavy atom. The van der Waals surface area contributed by atoms with E-state index in [0.717, 1.165) is 16.1 Å². The van der Waals surface area contributed by atoms with Gasteiger partial charge < -0.3 is 9.42 Å². The Kier molecular flexibility index (Phi) is 5.07. The number of urea groups is 1. The van der Waals surface area contributed by atoms with Crippen LogP contribution in [0, 0.1) is 24.4 Å². The minimum absolute atomic E-state index is 0.0335. The highest BCUT2D eigenvalue weighted by molar-refractivity contribution is 7.88. The highest BCUT2D eigenvalue weighted by Gasteiger charge is 2.63. The van der Waals surface area contributed by atoms with E-state index in [0.29, 0.717) is 12.1 Å². The summed E-state index contributed by atoms with van der Waals surface area (Å²) in [5, 5.41) is 3.64. The number of hydrogen-bond acceptors (Lipinski definition) is 6. The van der Waals surface area contributed by atoms with Gasteiger partial charge in [0.1, 0.15) is 29.5 Å². The second-order valence-electron chi connectivity index (χ2n) is 8.41. The number of fused-ring (bicyclic) bond motifs is 2. The molecule has 0 radical (unpaired) electrons. The smallest absolute Gasteiger partial charge is 0.326 e. The Balaban J connectivity index is 1.60. The molecule has 2 saturated heterocycles. The van der Waals surface area contributed by atoms with Crippen LogP contribution in [0.15, 0.2) is 22.7 Å². The molecule has 1 N–H and O–H groups in total. The second-order valence-corrected chi connectivity index (χ2v) is 10.2. The molecule has 2 aliphatic rings. The maximum atomic E-state index is 15.0. The molecule has 2 fully saturated rings. The summed E-state index contributed by atoms with van der Waals surface area (Å²) in [7, 11) is -3.98. The van der Waals surface area contributed by atoms with Gasteiger partial charge in [-0.2, -0.15) is 0 Å². The van der Waals surface area contributed by atoms with E-state index in [2.05, 4.69) is 10.1 Å². The maximum Gasteiger partial charge on any atom is 0.326 e. The lowest BCUT2D eigenvalue weighted by atomic mass is 10.0. The van der Waals surface area contributed by atoms with Crippen LogP contribution < -0.4 is 9.62 Å². The van der Waals surface area contributed by atoms with Crippen LogP contribution in [0.4, 0.5) is 32.6 Å². The Morgan fingerprint density at radius 1 is 1.14 bits per heavy atom. The fourth-order valence-electron chi connectivity index (χ4n) is 4.48. The van der Waals surface area contributed by atoms with Crippen molar-refractivity contribution in [3.63, 3.8) is 0 Å². The second kappa shape index (κ2) is 7.58. The minimum atomic E-state index is -3.98. The molecule has 2 aromatic heterocycles. The third-order valence-corrected chi connectivity index (χ3v) is 6.63. The fraction of sp³-hybridized carbons (Fsp3) is 0.350. The van der Waals surface area contributed by atoms with Gasteiger partial charge >= 0.3 is 6.03 Å². The average Bonchev–Trinajstić information content (AvgIpc) is 3.33. The van der Waals surface area contributed by atoms with Gasteiger partial charge in [-0.15, -0.1) is 0 Å². The topological polar surface area (TPSA) is 109 Å². The zero-order valence-electron chi connectivity index (χ0n) is 18.0. The van der Waals surface area contributed by atoms with Crippen LogP contribution >= 0.6 is 0 Å². The van der Waals surface area contributed by atoms with Crippen molar-refractivity contribution in [2.75, 3.05) is 24.2 Å². The predicted molar refractivity (Wildman–Crippen MR) is 112 cm³/mol. The van der Waals surface area contributed by atoms with Gasteiger partial charge in [0.15, 0.2) is 11.4 Å². The van der Waals surface area contributed by atoms with Gasteiger partial charge in [-0.1, -0.05) is 5.16 Å². The summed E-state index contributed by atoms with van der Waals surface area (Å²) in [6.45, 7) is 0.273. The van der Waals surface area contributed by atoms with Crippen LogP contribution in [0.25, 0.3) is 22.2 Å². The van der Waals surface area contributed by atoms with Gasteiger partial charge in [-0.25, -0.2) is 39.9 Å². The number of sulfonamides is 1. The van der Waals surface area contributed by atoms with E-state index in [1.165, 1.54) is 13.0 Å². The van der Waals surface area contributed by atoms with E-state index in [4.69, 9.17) is 4.52 Å². The van der Waals surface area contributed by atoms with E-state index in [1.807, 2.05) is 4.72 Å². The maximum absolute atomic E-state index is 15.0. The van der Waals surface area contributed by atoms with Crippen LogP contribution in [0.1, 0.15) is 5.69 Å². The molecule has 186 valence electrons. The number of halogens is 5.